The van der Waals surface area contributed by atoms with Gasteiger partial charge in [0.2, 0.25) is 11.8 Å². The third-order valence-electron chi connectivity index (χ3n) is 5.71. The lowest BCUT2D eigenvalue weighted by Crippen LogP contribution is -2.57. The Balaban J connectivity index is 1.60. The maximum Gasteiger partial charge on any atom is 0.225 e. The van der Waals surface area contributed by atoms with Crippen molar-refractivity contribution in [3.8, 4) is 0 Å². The van der Waals surface area contributed by atoms with Crippen molar-refractivity contribution in [1.29, 1.82) is 0 Å². The molecule has 7 heteroatoms. The summed E-state index contributed by atoms with van der Waals surface area (Å²) >= 11 is 0. The van der Waals surface area contributed by atoms with E-state index >= 15 is 0 Å². The summed E-state index contributed by atoms with van der Waals surface area (Å²) < 4.78 is 11.8. The fraction of sp³-hybridized carbons (Fsp3) is 0.895. The van der Waals surface area contributed by atoms with Crippen molar-refractivity contribution in [2.24, 2.45) is 0 Å². The number of ether oxygens (including phenoxy) is 2. The minimum Gasteiger partial charge on any atom is -0.389 e. The first kappa shape index (κ1) is 19.6. The molecule has 3 saturated heterocycles. The Hall–Kier alpha value is -1.18. The second kappa shape index (κ2) is 9.15. The second-order valence-electron chi connectivity index (χ2n) is 7.68. The lowest BCUT2D eigenvalue weighted by molar-refractivity contribution is -0.170. The van der Waals surface area contributed by atoms with E-state index in [0.29, 0.717) is 19.4 Å². The number of aliphatic hydroxyl groups is 1. The SMILES string of the molecule is CCC(=O)N1C[C@@H](O)COC[C@@H]2O[C@H](CC(=O)N3CCCCC3)CC[C@H]21. The van der Waals surface area contributed by atoms with Gasteiger partial charge in [0, 0.05) is 26.1 Å². The molecule has 0 spiro atoms. The van der Waals surface area contributed by atoms with Crippen molar-refractivity contribution in [3.05, 3.63) is 0 Å². The van der Waals surface area contributed by atoms with Gasteiger partial charge in [-0.15, -0.1) is 0 Å². The fourth-order valence-corrected chi connectivity index (χ4v) is 4.30. The first-order chi connectivity index (χ1) is 12.6. The molecule has 3 rings (SSSR count). The molecule has 7 nitrogen and oxygen atoms in total. The van der Waals surface area contributed by atoms with Crippen molar-refractivity contribution in [2.45, 2.75) is 76.2 Å². The van der Waals surface area contributed by atoms with Crippen molar-refractivity contribution >= 4 is 11.8 Å². The lowest BCUT2D eigenvalue weighted by atomic mass is 9.94. The van der Waals surface area contributed by atoms with Crippen molar-refractivity contribution < 1.29 is 24.2 Å². The molecule has 3 aliphatic heterocycles. The van der Waals surface area contributed by atoms with E-state index in [1.165, 1.54) is 6.42 Å². The van der Waals surface area contributed by atoms with Crippen LogP contribution in [-0.2, 0) is 19.1 Å². The number of rotatable bonds is 3. The van der Waals surface area contributed by atoms with E-state index in [-0.39, 0.29) is 43.2 Å². The monoisotopic (exact) mass is 368 g/mol. The van der Waals surface area contributed by atoms with Gasteiger partial charge in [-0.25, -0.2) is 0 Å². The van der Waals surface area contributed by atoms with Crippen LogP contribution in [0.2, 0.25) is 0 Å². The van der Waals surface area contributed by atoms with E-state index in [1.54, 1.807) is 4.90 Å². The molecule has 0 aromatic heterocycles. The van der Waals surface area contributed by atoms with Gasteiger partial charge < -0.3 is 24.4 Å². The summed E-state index contributed by atoms with van der Waals surface area (Å²) in [5, 5.41) is 10.0. The van der Waals surface area contributed by atoms with Gasteiger partial charge in [0.25, 0.3) is 0 Å². The topological polar surface area (TPSA) is 79.3 Å². The van der Waals surface area contributed by atoms with Gasteiger partial charge in [-0.05, 0) is 32.1 Å². The van der Waals surface area contributed by atoms with Gasteiger partial charge >= 0.3 is 0 Å². The van der Waals surface area contributed by atoms with E-state index < -0.39 is 6.10 Å². The van der Waals surface area contributed by atoms with E-state index in [4.69, 9.17) is 9.47 Å². The van der Waals surface area contributed by atoms with Crippen molar-refractivity contribution in [2.75, 3.05) is 32.8 Å². The number of hydrogen-bond acceptors (Lipinski definition) is 5. The van der Waals surface area contributed by atoms with Crippen LogP contribution in [0.5, 0.6) is 0 Å². The van der Waals surface area contributed by atoms with Crippen LogP contribution in [-0.4, -0.2) is 83.9 Å². The molecule has 3 aliphatic rings. The van der Waals surface area contributed by atoms with Gasteiger partial charge in [0.05, 0.1) is 37.9 Å². The molecule has 26 heavy (non-hydrogen) atoms. The minimum atomic E-state index is -0.662. The number of aliphatic hydroxyl groups excluding tert-OH is 1. The van der Waals surface area contributed by atoms with Crippen LogP contribution in [0.15, 0.2) is 0 Å². The number of carbonyl (C=O) groups is 2. The largest absolute Gasteiger partial charge is 0.389 e. The average molecular weight is 368 g/mol. The number of amides is 2. The van der Waals surface area contributed by atoms with Crippen LogP contribution >= 0.6 is 0 Å². The smallest absolute Gasteiger partial charge is 0.225 e. The number of piperidine rings is 1. The molecule has 0 saturated carbocycles. The Morgan fingerprint density at radius 3 is 2.58 bits per heavy atom. The maximum atomic E-state index is 12.5. The lowest BCUT2D eigenvalue weighted by Gasteiger charge is -2.44. The molecule has 1 N–H and O–H groups in total. The Morgan fingerprint density at radius 2 is 1.85 bits per heavy atom. The van der Waals surface area contributed by atoms with Crippen molar-refractivity contribution in [3.63, 3.8) is 0 Å². The molecule has 148 valence electrons. The molecule has 3 heterocycles. The zero-order valence-electron chi connectivity index (χ0n) is 15.8. The van der Waals surface area contributed by atoms with Gasteiger partial charge in [-0.3, -0.25) is 9.59 Å². The van der Waals surface area contributed by atoms with Crippen LogP contribution in [0, 0.1) is 0 Å². The maximum absolute atomic E-state index is 12.5. The van der Waals surface area contributed by atoms with Crippen LogP contribution in [0.25, 0.3) is 0 Å². The molecule has 0 radical (unpaired) electrons. The summed E-state index contributed by atoms with van der Waals surface area (Å²) in [7, 11) is 0. The highest BCUT2D eigenvalue weighted by Crippen LogP contribution is 2.28. The minimum absolute atomic E-state index is 0.0346. The second-order valence-corrected chi connectivity index (χ2v) is 7.68. The van der Waals surface area contributed by atoms with Gasteiger partial charge in [0.15, 0.2) is 0 Å². The Bertz CT molecular complexity index is 494. The van der Waals surface area contributed by atoms with E-state index in [1.807, 2.05) is 11.8 Å². The normalized spacial score (nSPS) is 33.2. The zero-order valence-corrected chi connectivity index (χ0v) is 15.8. The highest BCUT2D eigenvalue weighted by atomic mass is 16.5. The first-order valence-corrected chi connectivity index (χ1v) is 10.1. The molecule has 0 aromatic carbocycles. The van der Waals surface area contributed by atoms with E-state index in [0.717, 1.165) is 38.8 Å². The summed E-state index contributed by atoms with van der Waals surface area (Å²) in [6.45, 7) is 4.40. The summed E-state index contributed by atoms with van der Waals surface area (Å²) in [5.74, 6) is 0.212. The summed E-state index contributed by atoms with van der Waals surface area (Å²) in [4.78, 5) is 28.6. The van der Waals surface area contributed by atoms with Gasteiger partial charge in [0.1, 0.15) is 6.10 Å². The highest BCUT2D eigenvalue weighted by Gasteiger charge is 2.39. The highest BCUT2D eigenvalue weighted by molar-refractivity contribution is 5.77. The number of hydrogen-bond donors (Lipinski definition) is 1. The van der Waals surface area contributed by atoms with Crippen LogP contribution in [0.1, 0.15) is 51.9 Å². The van der Waals surface area contributed by atoms with Crippen LogP contribution in [0.4, 0.5) is 0 Å². The molecule has 0 bridgehead atoms. The molecular weight excluding hydrogens is 336 g/mol. The Kier molecular flexibility index (Phi) is 6.89. The number of nitrogens with zero attached hydrogens (tertiary/aromatic N) is 2. The predicted octanol–water partition coefficient (Wildman–Crippen LogP) is 0.935. The molecule has 0 aromatic rings. The third kappa shape index (κ3) is 4.75. The molecule has 2 amide bonds. The van der Waals surface area contributed by atoms with E-state index in [2.05, 4.69) is 0 Å². The molecular formula is C19H32N2O5. The fourth-order valence-electron chi connectivity index (χ4n) is 4.30. The number of β-amino-alcohol motifs (C(OH)–C–C–N with tert-alkyl or cyclic N) is 1. The Labute approximate surface area is 155 Å². The average Bonchev–Trinajstić information content (AvgIpc) is 2.65. The number of carbonyl (C=O) groups excluding carboxylic acids is 2. The van der Waals surface area contributed by atoms with Gasteiger partial charge in [-0.2, -0.15) is 0 Å². The standard InChI is InChI=1S/C19H32N2O5/c1-2-18(23)21-11-14(22)12-25-13-17-16(21)7-6-15(26-17)10-19(24)20-8-4-3-5-9-20/h14-17,22H,2-13H2,1H3/t14-,15+,16-,17+/m1/s1. The van der Waals surface area contributed by atoms with Gasteiger partial charge in [-0.1, -0.05) is 6.92 Å². The molecule has 0 aliphatic carbocycles. The zero-order chi connectivity index (χ0) is 18.5. The quantitative estimate of drug-likeness (QED) is 0.802. The molecule has 0 unspecified atom stereocenters. The molecule has 3 fully saturated rings. The number of likely N-dealkylation sites (tertiary alicyclic amines) is 1. The predicted molar refractivity (Wildman–Crippen MR) is 95.6 cm³/mol. The number of fused-ring (bicyclic) bond motifs is 1. The van der Waals surface area contributed by atoms with Crippen LogP contribution < -0.4 is 0 Å². The Morgan fingerprint density at radius 1 is 1.08 bits per heavy atom. The summed E-state index contributed by atoms with van der Waals surface area (Å²) in [6.07, 6.45) is 4.74. The first-order valence-electron chi connectivity index (χ1n) is 10.1. The summed E-state index contributed by atoms with van der Waals surface area (Å²) in [5.41, 5.74) is 0. The van der Waals surface area contributed by atoms with Crippen LogP contribution in [0.3, 0.4) is 0 Å². The third-order valence-corrected chi connectivity index (χ3v) is 5.71. The van der Waals surface area contributed by atoms with Crippen molar-refractivity contribution in [1.82, 2.24) is 9.80 Å². The summed E-state index contributed by atoms with van der Waals surface area (Å²) in [6, 6.07) is -0.0845. The molecule has 4 atom stereocenters. The van der Waals surface area contributed by atoms with E-state index in [9.17, 15) is 14.7 Å².